The number of carbonyl (C=O) groups is 1. The number of aromatic amines is 1. The summed E-state index contributed by atoms with van der Waals surface area (Å²) in [5.41, 5.74) is 6.42. The van der Waals surface area contributed by atoms with E-state index in [1.807, 2.05) is 18.3 Å². The third-order valence-electron chi connectivity index (χ3n) is 2.77. The lowest BCUT2D eigenvalue weighted by Gasteiger charge is -2.33. The molecule has 0 bridgehead atoms. The number of urea groups is 1. The Kier molecular flexibility index (Phi) is 2.43. The summed E-state index contributed by atoms with van der Waals surface area (Å²) in [5, 5.41) is 0. The highest BCUT2D eigenvalue weighted by molar-refractivity contribution is 5.72. The van der Waals surface area contributed by atoms with Crippen LogP contribution in [0, 0.1) is 0 Å². The third kappa shape index (κ3) is 1.60. The maximum atomic E-state index is 11.2. The molecule has 14 heavy (non-hydrogen) atoms. The zero-order chi connectivity index (χ0) is 9.97. The molecule has 1 atom stereocenters. The Hall–Kier alpha value is -1.45. The van der Waals surface area contributed by atoms with Crippen molar-refractivity contribution in [2.24, 2.45) is 5.73 Å². The van der Waals surface area contributed by atoms with Gasteiger partial charge in [0.05, 0.1) is 6.04 Å². The number of nitrogens with two attached hydrogens (primary N) is 1. The molecule has 2 amide bonds. The first-order valence-corrected chi connectivity index (χ1v) is 4.98. The topological polar surface area (TPSA) is 62.1 Å². The fourth-order valence-corrected chi connectivity index (χ4v) is 2.07. The SMILES string of the molecule is NC(=O)N1CCCCC1c1ccc[nH]1. The second kappa shape index (κ2) is 3.74. The van der Waals surface area contributed by atoms with E-state index in [9.17, 15) is 4.79 Å². The summed E-state index contributed by atoms with van der Waals surface area (Å²) >= 11 is 0. The predicted octanol–water partition coefficient (Wildman–Crippen LogP) is 1.62. The molecule has 1 unspecified atom stereocenters. The number of hydrogen-bond acceptors (Lipinski definition) is 1. The fraction of sp³-hybridized carbons (Fsp3) is 0.500. The number of primary amides is 1. The van der Waals surface area contributed by atoms with Crippen LogP contribution in [0.25, 0.3) is 0 Å². The fourth-order valence-electron chi connectivity index (χ4n) is 2.07. The zero-order valence-corrected chi connectivity index (χ0v) is 8.07. The molecule has 0 aromatic carbocycles. The molecule has 1 saturated heterocycles. The molecule has 4 heteroatoms. The highest BCUT2D eigenvalue weighted by Crippen LogP contribution is 2.29. The third-order valence-corrected chi connectivity index (χ3v) is 2.77. The van der Waals surface area contributed by atoms with Gasteiger partial charge in [-0.3, -0.25) is 0 Å². The van der Waals surface area contributed by atoms with E-state index in [0.29, 0.717) is 0 Å². The van der Waals surface area contributed by atoms with Crippen LogP contribution in [0.2, 0.25) is 0 Å². The largest absolute Gasteiger partial charge is 0.363 e. The Morgan fingerprint density at radius 3 is 3.07 bits per heavy atom. The molecule has 0 radical (unpaired) electrons. The maximum Gasteiger partial charge on any atom is 0.315 e. The van der Waals surface area contributed by atoms with Gasteiger partial charge >= 0.3 is 6.03 Å². The number of hydrogen-bond donors (Lipinski definition) is 2. The van der Waals surface area contributed by atoms with Crippen molar-refractivity contribution < 1.29 is 4.79 Å². The van der Waals surface area contributed by atoms with Crippen LogP contribution in [-0.4, -0.2) is 22.5 Å². The molecule has 2 heterocycles. The molecular formula is C10H15N3O. The zero-order valence-electron chi connectivity index (χ0n) is 8.07. The molecular weight excluding hydrogens is 178 g/mol. The van der Waals surface area contributed by atoms with Crippen LogP contribution in [-0.2, 0) is 0 Å². The van der Waals surface area contributed by atoms with Gasteiger partial charge in [-0.25, -0.2) is 4.79 Å². The van der Waals surface area contributed by atoms with E-state index in [0.717, 1.165) is 31.5 Å². The van der Waals surface area contributed by atoms with Crippen molar-refractivity contribution in [1.29, 1.82) is 0 Å². The van der Waals surface area contributed by atoms with Crippen molar-refractivity contribution in [2.45, 2.75) is 25.3 Å². The van der Waals surface area contributed by atoms with Crippen molar-refractivity contribution in [3.05, 3.63) is 24.0 Å². The lowest BCUT2D eigenvalue weighted by atomic mass is 10.00. The Balaban J connectivity index is 2.18. The lowest BCUT2D eigenvalue weighted by Crippen LogP contribution is -2.41. The average molecular weight is 193 g/mol. The smallest absolute Gasteiger partial charge is 0.315 e. The predicted molar refractivity (Wildman–Crippen MR) is 53.7 cm³/mol. The minimum atomic E-state index is -0.315. The van der Waals surface area contributed by atoms with Crippen LogP contribution in [0.15, 0.2) is 18.3 Å². The summed E-state index contributed by atoms with van der Waals surface area (Å²) in [4.78, 5) is 16.1. The molecule has 1 aliphatic heterocycles. The Morgan fingerprint density at radius 2 is 2.43 bits per heavy atom. The van der Waals surface area contributed by atoms with E-state index >= 15 is 0 Å². The number of rotatable bonds is 1. The molecule has 2 rings (SSSR count). The number of nitrogens with zero attached hydrogens (tertiary/aromatic N) is 1. The van der Waals surface area contributed by atoms with Crippen LogP contribution in [0.5, 0.6) is 0 Å². The second-order valence-electron chi connectivity index (χ2n) is 3.67. The number of aromatic nitrogens is 1. The van der Waals surface area contributed by atoms with E-state index in [1.165, 1.54) is 0 Å². The first kappa shape index (κ1) is 9.12. The molecule has 3 N–H and O–H groups in total. The van der Waals surface area contributed by atoms with E-state index in [2.05, 4.69) is 4.98 Å². The van der Waals surface area contributed by atoms with Crippen molar-refractivity contribution in [3.63, 3.8) is 0 Å². The van der Waals surface area contributed by atoms with Gasteiger partial charge in [0, 0.05) is 18.4 Å². The Morgan fingerprint density at radius 1 is 1.57 bits per heavy atom. The van der Waals surface area contributed by atoms with Gasteiger partial charge in [0.2, 0.25) is 0 Å². The Bertz CT molecular complexity index is 307. The number of piperidine rings is 1. The van der Waals surface area contributed by atoms with E-state index < -0.39 is 0 Å². The van der Waals surface area contributed by atoms with Crippen LogP contribution >= 0.6 is 0 Å². The van der Waals surface area contributed by atoms with E-state index in [1.54, 1.807) is 4.90 Å². The van der Waals surface area contributed by atoms with Gasteiger partial charge in [-0.15, -0.1) is 0 Å². The molecule has 4 nitrogen and oxygen atoms in total. The van der Waals surface area contributed by atoms with Crippen molar-refractivity contribution in [1.82, 2.24) is 9.88 Å². The maximum absolute atomic E-state index is 11.2. The van der Waals surface area contributed by atoms with Crippen molar-refractivity contribution in [3.8, 4) is 0 Å². The molecule has 1 fully saturated rings. The molecule has 0 saturated carbocycles. The minimum absolute atomic E-state index is 0.149. The summed E-state index contributed by atoms with van der Waals surface area (Å²) in [6.45, 7) is 0.777. The minimum Gasteiger partial charge on any atom is -0.363 e. The summed E-state index contributed by atoms with van der Waals surface area (Å²) in [6, 6.07) is 3.79. The number of H-pyrrole nitrogens is 1. The van der Waals surface area contributed by atoms with Crippen LogP contribution in [0.4, 0.5) is 4.79 Å². The molecule has 0 spiro atoms. The van der Waals surface area contributed by atoms with E-state index in [4.69, 9.17) is 5.73 Å². The van der Waals surface area contributed by atoms with Gasteiger partial charge in [-0.2, -0.15) is 0 Å². The van der Waals surface area contributed by atoms with Gasteiger partial charge in [-0.05, 0) is 31.4 Å². The average Bonchev–Trinajstić information content (AvgIpc) is 2.70. The summed E-state index contributed by atoms with van der Waals surface area (Å²) in [7, 11) is 0. The first-order chi connectivity index (χ1) is 6.79. The van der Waals surface area contributed by atoms with Crippen LogP contribution in [0.1, 0.15) is 31.0 Å². The Labute approximate surface area is 83.1 Å². The molecule has 0 aliphatic carbocycles. The highest BCUT2D eigenvalue weighted by atomic mass is 16.2. The van der Waals surface area contributed by atoms with Crippen LogP contribution in [0.3, 0.4) is 0 Å². The monoisotopic (exact) mass is 193 g/mol. The molecule has 1 aromatic heterocycles. The number of carbonyl (C=O) groups excluding carboxylic acids is 1. The van der Waals surface area contributed by atoms with Gasteiger partial charge in [0.1, 0.15) is 0 Å². The quantitative estimate of drug-likeness (QED) is 0.699. The first-order valence-electron chi connectivity index (χ1n) is 4.98. The van der Waals surface area contributed by atoms with E-state index in [-0.39, 0.29) is 12.1 Å². The molecule has 1 aromatic rings. The number of amides is 2. The highest BCUT2D eigenvalue weighted by Gasteiger charge is 2.26. The lowest BCUT2D eigenvalue weighted by molar-refractivity contribution is 0.158. The molecule has 76 valence electrons. The van der Waals surface area contributed by atoms with Gasteiger partial charge < -0.3 is 15.6 Å². The number of nitrogens with one attached hydrogen (secondary N) is 1. The summed E-state index contributed by atoms with van der Waals surface area (Å²) in [5.74, 6) is 0. The van der Waals surface area contributed by atoms with Crippen LogP contribution < -0.4 is 5.73 Å². The number of likely N-dealkylation sites (tertiary alicyclic amines) is 1. The van der Waals surface area contributed by atoms with Gasteiger partial charge in [0.15, 0.2) is 0 Å². The normalized spacial score (nSPS) is 22.3. The van der Waals surface area contributed by atoms with Crippen molar-refractivity contribution >= 4 is 6.03 Å². The second-order valence-corrected chi connectivity index (χ2v) is 3.67. The summed E-state index contributed by atoms with van der Waals surface area (Å²) in [6.07, 6.45) is 5.10. The van der Waals surface area contributed by atoms with Gasteiger partial charge in [-0.1, -0.05) is 0 Å². The van der Waals surface area contributed by atoms with Gasteiger partial charge in [0.25, 0.3) is 0 Å². The van der Waals surface area contributed by atoms with Crippen molar-refractivity contribution in [2.75, 3.05) is 6.54 Å². The molecule has 1 aliphatic rings. The standard InChI is InChI=1S/C10H15N3O/c11-10(14)13-7-2-1-5-9(13)8-4-3-6-12-8/h3-4,6,9,12H,1-2,5,7H2,(H2,11,14). The summed E-state index contributed by atoms with van der Waals surface area (Å²) < 4.78 is 0.